The summed E-state index contributed by atoms with van der Waals surface area (Å²) >= 11 is 0. The average Bonchev–Trinajstić information content (AvgIpc) is 2.28. The van der Waals surface area contributed by atoms with E-state index in [9.17, 15) is 13.6 Å². The first kappa shape index (κ1) is 12.2. The van der Waals surface area contributed by atoms with Crippen molar-refractivity contribution in [3.8, 4) is 11.5 Å². The maximum atomic E-state index is 12.0. The van der Waals surface area contributed by atoms with Crippen LogP contribution in [0.25, 0.3) is 0 Å². The molecule has 0 aromatic heterocycles. The van der Waals surface area contributed by atoms with Crippen LogP contribution >= 0.6 is 0 Å². The number of benzene rings is 1. The van der Waals surface area contributed by atoms with E-state index >= 15 is 0 Å². The summed E-state index contributed by atoms with van der Waals surface area (Å²) in [5, 5.41) is 0. The van der Waals surface area contributed by atoms with Crippen molar-refractivity contribution in [1.29, 1.82) is 0 Å². The van der Waals surface area contributed by atoms with Crippen molar-refractivity contribution in [2.45, 2.75) is 6.61 Å². The monoisotopic (exact) mass is 232 g/mol. The van der Waals surface area contributed by atoms with Crippen LogP contribution in [0.5, 0.6) is 11.5 Å². The largest absolute Gasteiger partial charge is 0.497 e. The lowest BCUT2D eigenvalue weighted by atomic mass is 10.2. The minimum Gasteiger partial charge on any atom is -0.497 e. The first-order chi connectivity index (χ1) is 7.58. The standard InChI is InChI=1S/C10H10F2O4/c1-14-6-3-4-8(16-10(11)12)7(5-6)9(13)15-2/h3-5,10H,1-2H3. The second-order valence-corrected chi connectivity index (χ2v) is 2.73. The third kappa shape index (κ3) is 2.82. The van der Waals surface area contributed by atoms with E-state index in [1.165, 1.54) is 25.3 Å². The summed E-state index contributed by atoms with van der Waals surface area (Å²) in [6, 6.07) is 3.89. The lowest BCUT2D eigenvalue weighted by molar-refractivity contribution is -0.0504. The molecule has 0 fully saturated rings. The molecule has 0 saturated carbocycles. The molecule has 0 heterocycles. The summed E-state index contributed by atoms with van der Waals surface area (Å²) in [5.41, 5.74) is -0.109. The number of hydrogen-bond acceptors (Lipinski definition) is 4. The number of halogens is 2. The number of carbonyl (C=O) groups is 1. The lowest BCUT2D eigenvalue weighted by Crippen LogP contribution is -2.09. The van der Waals surface area contributed by atoms with Crippen LogP contribution in [0, 0.1) is 0 Å². The summed E-state index contributed by atoms with van der Waals surface area (Å²) in [7, 11) is 2.54. The molecule has 4 nitrogen and oxygen atoms in total. The van der Waals surface area contributed by atoms with Crippen LogP contribution in [0.2, 0.25) is 0 Å². The number of hydrogen-bond donors (Lipinski definition) is 0. The highest BCUT2D eigenvalue weighted by Crippen LogP contribution is 2.26. The Morgan fingerprint density at radius 3 is 2.50 bits per heavy atom. The molecule has 0 spiro atoms. The van der Waals surface area contributed by atoms with Crippen molar-refractivity contribution >= 4 is 5.97 Å². The second-order valence-electron chi connectivity index (χ2n) is 2.73. The van der Waals surface area contributed by atoms with E-state index in [1.807, 2.05) is 0 Å². The molecule has 16 heavy (non-hydrogen) atoms. The van der Waals surface area contributed by atoms with Gasteiger partial charge in [-0.25, -0.2) is 4.79 Å². The number of alkyl halides is 2. The predicted octanol–water partition coefficient (Wildman–Crippen LogP) is 2.08. The van der Waals surface area contributed by atoms with Crippen molar-refractivity contribution < 1.29 is 27.8 Å². The van der Waals surface area contributed by atoms with Crippen LogP contribution in [-0.4, -0.2) is 26.8 Å². The molecule has 0 amide bonds. The Bertz CT molecular complexity index is 379. The Balaban J connectivity index is 3.11. The molecule has 0 atom stereocenters. The van der Waals surface area contributed by atoms with Gasteiger partial charge in [-0.1, -0.05) is 0 Å². The average molecular weight is 232 g/mol. The van der Waals surface area contributed by atoms with Crippen LogP contribution in [-0.2, 0) is 4.74 Å². The highest BCUT2D eigenvalue weighted by Gasteiger charge is 2.17. The Labute approximate surface area is 90.7 Å². The normalized spacial score (nSPS) is 10.1. The molecule has 1 aromatic rings. The third-order valence-corrected chi connectivity index (χ3v) is 1.81. The minimum atomic E-state index is -3.00. The number of carbonyl (C=O) groups excluding carboxylic acids is 1. The molecule has 0 radical (unpaired) electrons. The van der Waals surface area contributed by atoms with Gasteiger partial charge in [0, 0.05) is 0 Å². The van der Waals surface area contributed by atoms with E-state index in [4.69, 9.17) is 4.74 Å². The molecule has 0 N–H and O–H groups in total. The molecule has 0 aliphatic heterocycles. The number of methoxy groups -OCH3 is 2. The van der Waals surface area contributed by atoms with Gasteiger partial charge in [0.25, 0.3) is 0 Å². The van der Waals surface area contributed by atoms with Crippen LogP contribution in [0.1, 0.15) is 10.4 Å². The lowest BCUT2D eigenvalue weighted by Gasteiger charge is -2.10. The third-order valence-electron chi connectivity index (χ3n) is 1.81. The molecule has 88 valence electrons. The van der Waals surface area contributed by atoms with Crippen LogP contribution < -0.4 is 9.47 Å². The van der Waals surface area contributed by atoms with Crippen molar-refractivity contribution in [2.75, 3.05) is 14.2 Å². The van der Waals surface area contributed by atoms with Crippen molar-refractivity contribution in [1.82, 2.24) is 0 Å². The molecule has 0 bridgehead atoms. The SMILES string of the molecule is COC(=O)c1cc(OC)ccc1OC(F)F. The Morgan fingerprint density at radius 1 is 1.31 bits per heavy atom. The highest BCUT2D eigenvalue weighted by molar-refractivity contribution is 5.92. The summed E-state index contributed by atoms with van der Waals surface area (Å²) < 4.78 is 37.6. The van der Waals surface area contributed by atoms with Gasteiger partial charge in [0.2, 0.25) is 0 Å². The maximum absolute atomic E-state index is 12.0. The fraction of sp³-hybridized carbons (Fsp3) is 0.300. The Morgan fingerprint density at radius 2 is 2.00 bits per heavy atom. The van der Waals surface area contributed by atoms with Gasteiger partial charge in [0.15, 0.2) is 0 Å². The summed E-state index contributed by atoms with van der Waals surface area (Å²) in [5.74, 6) is -0.667. The van der Waals surface area contributed by atoms with Crippen molar-refractivity contribution in [2.24, 2.45) is 0 Å². The maximum Gasteiger partial charge on any atom is 0.387 e. The van der Waals surface area contributed by atoms with Crippen molar-refractivity contribution in [3.05, 3.63) is 23.8 Å². The first-order valence-electron chi connectivity index (χ1n) is 4.29. The zero-order chi connectivity index (χ0) is 12.1. The second kappa shape index (κ2) is 5.29. The molecule has 0 unspecified atom stereocenters. The quantitative estimate of drug-likeness (QED) is 0.745. The van der Waals surface area contributed by atoms with Crippen LogP contribution in [0.15, 0.2) is 18.2 Å². The van der Waals surface area contributed by atoms with E-state index in [0.717, 1.165) is 7.11 Å². The van der Waals surface area contributed by atoms with E-state index in [2.05, 4.69) is 9.47 Å². The van der Waals surface area contributed by atoms with Crippen molar-refractivity contribution in [3.63, 3.8) is 0 Å². The summed E-state index contributed by atoms with van der Waals surface area (Å²) in [6.07, 6.45) is 0. The molecule has 0 aliphatic carbocycles. The number of esters is 1. The smallest absolute Gasteiger partial charge is 0.387 e. The van der Waals surface area contributed by atoms with Gasteiger partial charge in [-0.2, -0.15) is 8.78 Å². The molecule has 0 aliphatic rings. The van der Waals surface area contributed by atoms with Gasteiger partial charge in [0.1, 0.15) is 17.1 Å². The predicted molar refractivity (Wildman–Crippen MR) is 51.0 cm³/mol. The van der Waals surface area contributed by atoms with E-state index in [-0.39, 0.29) is 11.3 Å². The molecule has 0 saturated heterocycles. The van der Waals surface area contributed by atoms with Crippen LogP contribution in [0.4, 0.5) is 8.78 Å². The Kier molecular flexibility index (Phi) is 4.04. The van der Waals surface area contributed by atoms with Gasteiger partial charge in [-0.15, -0.1) is 0 Å². The fourth-order valence-corrected chi connectivity index (χ4v) is 1.10. The van der Waals surface area contributed by atoms with Gasteiger partial charge in [0.05, 0.1) is 14.2 Å². The molecule has 1 aromatic carbocycles. The van der Waals surface area contributed by atoms with E-state index in [1.54, 1.807) is 0 Å². The zero-order valence-corrected chi connectivity index (χ0v) is 8.70. The van der Waals surface area contributed by atoms with Crippen LogP contribution in [0.3, 0.4) is 0 Å². The van der Waals surface area contributed by atoms with Gasteiger partial charge in [-0.05, 0) is 18.2 Å². The summed E-state index contributed by atoms with van der Waals surface area (Å²) in [4.78, 5) is 11.3. The Hall–Kier alpha value is -1.85. The molecular formula is C10H10F2O4. The topological polar surface area (TPSA) is 44.8 Å². The number of ether oxygens (including phenoxy) is 3. The first-order valence-corrected chi connectivity index (χ1v) is 4.29. The van der Waals surface area contributed by atoms with E-state index < -0.39 is 12.6 Å². The molecular weight excluding hydrogens is 222 g/mol. The van der Waals surface area contributed by atoms with Gasteiger partial charge < -0.3 is 14.2 Å². The molecule has 6 heteroatoms. The molecule has 1 rings (SSSR count). The highest BCUT2D eigenvalue weighted by atomic mass is 19.3. The minimum absolute atomic E-state index is 0.109. The van der Waals surface area contributed by atoms with E-state index in [0.29, 0.717) is 5.75 Å². The summed E-state index contributed by atoms with van der Waals surface area (Å²) in [6.45, 7) is -3.00. The van der Waals surface area contributed by atoms with Gasteiger partial charge in [-0.3, -0.25) is 0 Å². The fourth-order valence-electron chi connectivity index (χ4n) is 1.10. The zero-order valence-electron chi connectivity index (χ0n) is 8.70. The number of rotatable bonds is 4. The van der Waals surface area contributed by atoms with Gasteiger partial charge >= 0.3 is 12.6 Å².